The summed E-state index contributed by atoms with van der Waals surface area (Å²) in [5, 5.41) is 9.75. The molecule has 0 fully saturated rings. The molecule has 0 radical (unpaired) electrons. The van der Waals surface area contributed by atoms with Gasteiger partial charge < -0.3 is 5.11 Å². The second kappa shape index (κ2) is 3.23. The summed E-state index contributed by atoms with van der Waals surface area (Å²) >= 11 is 0. The molecular weight excluding hydrogens is 152 g/mol. The standard InChI is InChI=1S/C10H14O2/c1-8(11)10(2,12)9-6-4-3-5-7-9/h4,6-7,12H,3,5H2,1-2H3. The Hall–Kier alpha value is -0.890. The van der Waals surface area contributed by atoms with Crippen LogP contribution in [0.5, 0.6) is 0 Å². The molecule has 1 unspecified atom stereocenters. The molecule has 1 aliphatic rings. The molecular formula is C10H14O2. The van der Waals surface area contributed by atoms with Crippen LogP contribution < -0.4 is 0 Å². The lowest BCUT2D eigenvalue weighted by molar-refractivity contribution is -0.129. The first-order valence-corrected chi connectivity index (χ1v) is 4.15. The summed E-state index contributed by atoms with van der Waals surface area (Å²) < 4.78 is 0. The van der Waals surface area contributed by atoms with E-state index in [4.69, 9.17) is 0 Å². The van der Waals surface area contributed by atoms with E-state index in [1.54, 1.807) is 0 Å². The summed E-state index contributed by atoms with van der Waals surface area (Å²) in [7, 11) is 0. The van der Waals surface area contributed by atoms with Crippen LogP contribution in [0.15, 0.2) is 23.8 Å². The lowest BCUT2D eigenvalue weighted by Gasteiger charge is -2.22. The van der Waals surface area contributed by atoms with Gasteiger partial charge in [-0.05, 0) is 32.3 Å². The van der Waals surface area contributed by atoms with Crippen LogP contribution in [0.25, 0.3) is 0 Å². The second-order valence-electron chi connectivity index (χ2n) is 3.27. The van der Waals surface area contributed by atoms with Crippen molar-refractivity contribution in [2.75, 3.05) is 0 Å². The van der Waals surface area contributed by atoms with Crippen molar-refractivity contribution in [2.24, 2.45) is 0 Å². The lowest BCUT2D eigenvalue weighted by atomic mass is 9.88. The van der Waals surface area contributed by atoms with Crippen LogP contribution in [0.4, 0.5) is 0 Å². The molecule has 12 heavy (non-hydrogen) atoms. The molecule has 2 heteroatoms. The fraction of sp³-hybridized carbons (Fsp3) is 0.500. The van der Waals surface area contributed by atoms with Gasteiger partial charge in [-0.25, -0.2) is 0 Å². The van der Waals surface area contributed by atoms with Crippen molar-refractivity contribution in [1.82, 2.24) is 0 Å². The van der Waals surface area contributed by atoms with E-state index in [2.05, 4.69) is 0 Å². The highest BCUT2D eigenvalue weighted by Crippen LogP contribution is 2.22. The van der Waals surface area contributed by atoms with Gasteiger partial charge in [0, 0.05) is 0 Å². The number of rotatable bonds is 2. The van der Waals surface area contributed by atoms with Crippen LogP contribution in [-0.2, 0) is 4.79 Å². The Labute approximate surface area is 72.6 Å². The Bertz CT molecular complexity index is 247. The van der Waals surface area contributed by atoms with Crippen LogP contribution in [0.2, 0.25) is 0 Å². The van der Waals surface area contributed by atoms with Crippen molar-refractivity contribution < 1.29 is 9.90 Å². The van der Waals surface area contributed by atoms with E-state index in [1.807, 2.05) is 18.2 Å². The number of Topliss-reactive ketones (excluding diaryl/α,β-unsaturated/α-hetero) is 1. The first kappa shape index (κ1) is 9.20. The molecule has 0 aromatic heterocycles. The molecule has 0 spiro atoms. The van der Waals surface area contributed by atoms with E-state index >= 15 is 0 Å². The summed E-state index contributed by atoms with van der Waals surface area (Å²) in [6.07, 6.45) is 7.63. The normalized spacial score (nSPS) is 21.4. The number of carbonyl (C=O) groups excluding carboxylic acids is 1. The zero-order valence-electron chi connectivity index (χ0n) is 7.50. The maximum absolute atomic E-state index is 11.0. The van der Waals surface area contributed by atoms with E-state index in [-0.39, 0.29) is 5.78 Å². The second-order valence-corrected chi connectivity index (χ2v) is 3.27. The minimum Gasteiger partial charge on any atom is -0.378 e. The molecule has 1 rings (SSSR count). The molecule has 2 nitrogen and oxygen atoms in total. The number of hydrogen-bond donors (Lipinski definition) is 1. The van der Waals surface area contributed by atoms with Gasteiger partial charge in [-0.15, -0.1) is 0 Å². The maximum Gasteiger partial charge on any atom is 0.165 e. The minimum atomic E-state index is -1.29. The van der Waals surface area contributed by atoms with Gasteiger partial charge >= 0.3 is 0 Å². The third-order valence-electron chi connectivity index (χ3n) is 2.24. The van der Waals surface area contributed by atoms with Crippen LogP contribution >= 0.6 is 0 Å². The van der Waals surface area contributed by atoms with Crippen molar-refractivity contribution >= 4 is 5.78 Å². The van der Waals surface area contributed by atoms with Gasteiger partial charge in [0.25, 0.3) is 0 Å². The van der Waals surface area contributed by atoms with Crippen molar-refractivity contribution in [3.63, 3.8) is 0 Å². The van der Waals surface area contributed by atoms with Crippen LogP contribution in [0, 0.1) is 0 Å². The number of hydrogen-bond acceptors (Lipinski definition) is 2. The van der Waals surface area contributed by atoms with Crippen molar-refractivity contribution in [3.8, 4) is 0 Å². The van der Waals surface area contributed by atoms with Crippen molar-refractivity contribution in [1.29, 1.82) is 0 Å². The fourth-order valence-electron chi connectivity index (χ4n) is 1.18. The number of aliphatic hydroxyl groups is 1. The number of ketones is 1. The summed E-state index contributed by atoms with van der Waals surface area (Å²) in [5.74, 6) is -0.208. The van der Waals surface area contributed by atoms with Crippen molar-refractivity contribution in [2.45, 2.75) is 32.3 Å². The Morgan fingerprint density at radius 2 is 2.25 bits per heavy atom. The fourth-order valence-corrected chi connectivity index (χ4v) is 1.18. The molecule has 0 aromatic rings. The third-order valence-corrected chi connectivity index (χ3v) is 2.24. The summed E-state index contributed by atoms with van der Waals surface area (Å²) in [4.78, 5) is 11.0. The number of allylic oxidation sites excluding steroid dienone is 2. The molecule has 1 aliphatic carbocycles. The SMILES string of the molecule is CC(=O)C(C)(O)C1=CCCC=C1. The quantitative estimate of drug-likeness (QED) is 0.676. The van der Waals surface area contributed by atoms with Crippen LogP contribution in [-0.4, -0.2) is 16.5 Å². The first-order valence-electron chi connectivity index (χ1n) is 4.15. The molecule has 0 bridgehead atoms. The van der Waals surface area contributed by atoms with Gasteiger partial charge in [0.15, 0.2) is 5.78 Å². The van der Waals surface area contributed by atoms with E-state index in [0.717, 1.165) is 18.4 Å². The van der Waals surface area contributed by atoms with Crippen molar-refractivity contribution in [3.05, 3.63) is 23.8 Å². The average Bonchev–Trinajstić information content (AvgIpc) is 2.06. The van der Waals surface area contributed by atoms with Gasteiger partial charge in [-0.1, -0.05) is 18.2 Å². The first-order chi connectivity index (χ1) is 5.55. The Kier molecular flexibility index (Phi) is 2.48. The van der Waals surface area contributed by atoms with E-state index in [1.165, 1.54) is 13.8 Å². The molecule has 0 aliphatic heterocycles. The lowest BCUT2D eigenvalue weighted by Crippen LogP contribution is -2.35. The zero-order chi connectivity index (χ0) is 9.19. The maximum atomic E-state index is 11.0. The minimum absolute atomic E-state index is 0.208. The predicted molar refractivity (Wildman–Crippen MR) is 47.8 cm³/mol. The van der Waals surface area contributed by atoms with Gasteiger partial charge in [-0.3, -0.25) is 4.79 Å². The van der Waals surface area contributed by atoms with Gasteiger partial charge in [0.2, 0.25) is 0 Å². The average molecular weight is 166 g/mol. The monoisotopic (exact) mass is 166 g/mol. The summed E-state index contributed by atoms with van der Waals surface area (Å²) in [6.45, 7) is 2.94. The van der Waals surface area contributed by atoms with E-state index in [9.17, 15) is 9.90 Å². The van der Waals surface area contributed by atoms with Crippen LogP contribution in [0.3, 0.4) is 0 Å². The highest BCUT2D eigenvalue weighted by Gasteiger charge is 2.29. The zero-order valence-corrected chi connectivity index (χ0v) is 7.50. The molecule has 0 saturated heterocycles. The molecule has 1 N–H and O–H groups in total. The molecule has 1 atom stereocenters. The third kappa shape index (κ3) is 1.64. The van der Waals surface area contributed by atoms with Gasteiger partial charge in [-0.2, -0.15) is 0 Å². The molecule has 0 aromatic carbocycles. The van der Waals surface area contributed by atoms with E-state index < -0.39 is 5.60 Å². The largest absolute Gasteiger partial charge is 0.378 e. The molecule has 0 heterocycles. The molecule has 0 saturated carbocycles. The highest BCUT2D eigenvalue weighted by molar-refractivity contribution is 5.88. The predicted octanol–water partition coefficient (Wildman–Crippen LogP) is 1.60. The Morgan fingerprint density at radius 3 is 2.67 bits per heavy atom. The summed E-state index contributed by atoms with van der Waals surface area (Å²) in [6, 6.07) is 0. The Balaban J connectivity index is 2.88. The topological polar surface area (TPSA) is 37.3 Å². The number of carbonyl (C=O) groups is 1. The van der Waals surface area contributed by atoms with Gasteiger partial charge in [0.05, 0.1) is 0 Å². The highest BCUT2D eigenvalue weighted by atomic mass is 16.3. The van der Waals surface area contributed by atoms with Crippen LogP contribution in [0.1, 0.15) is 26.7 Å². The molecule has 0 amide bonds. The summed E-state index contributed by atoms with van der Waals surface area (Å²) in [5.41, 5.74) is -0.571. The van der Waals surface area contributed by atoms with E-state index in [0.29, 0.717) is 0 Å². The molecule has 66 valence electrons. The Morgan fingerprint density at radius 1 is 1.58 bits per heavy atom. The smallest absolute Gasteiger partial charge is 0.165 e. The van der Waals surface area contributed by atoms with Gasteiger partial charge in [0.1, 0.15) is 5.60 Å².